The molecule has 1 unspecified atom stereocenters. The highest BCUT2D eigenvalue weighted by Gasteiger charge is 2.23. The number of aryl methyl sites for hydroxylation is 1. The van der Waals surface area contributed by atoms with E-state index in [1.54, 1.807) is 7.05 Å². The molecule has 1 atom stereocenters. The van der Waals surface area contributed by atoms with E-state index in [-0.39, 0.29) is 35.9 Å². The van der Waals surface area contributed by atoms with Gasteiger partial charge in [0.15, 0.2) is 5.96 Å². The third kappa shape index (κ3) is 9.79. The van der Waals surface area contributed by atoms with Gasteiger partial charge in [0, 0.05) is 38.9 Å². The van der Waals surface area contributed by atoms with Crippen LogP contribution in [0.15, 0.2) is 23.3 Å². The minimum absolute atomic E-state index is 0. The zero-order valence-electron chi connectivity index (χ0n) is 20.6. The number of carbonyl (C=O) groups is 1. The Morgan fingerprint density at radius 2 is 1.94 bits per heavy atom. The van der Waals surface area contributed by atoms with Gasteiger partial charge in [-0.15, -0.1) is 24.0 Å². The first-order chi connectivity index (χ1) is 14.6. The van der Waals surface area contributed by atoms with Crippen molar-refractivity contribution in [1.29, 1.82) is 0 Å². The number of guanidine groups is 1. The molecular weight excluding hydrogens is 519 g/mol. The van der Waals surface area contributed by atoms with Crippen LogP contribution < -0.4 is 20.9 Å². The number of hydrogen-bond acceptors (Lipinski definition) is 5. The zero-order chi connectivity index (χ0) is 23.0. The van der Waals surface area contributed by atoms with E-state index in [9.17, 15) is 4.79 Å². The molecule has 0 spiro atoms. The van der Waals surface area contributed by atoms with Crippen LogP contribution in [0.1, 0.15) is 53.0 Å². The number of aliphatic imine (C=N–C) groups is 1. The summed E-state index contributed by atoms with van der Waals surface area (Å²) in [6.45, 7) is 14.3. The lowest BCUT2D eigenvalue weighted by molar-refractivity contribution is 0.0491. The molecule has 1 aromatic rings. The van der Waals surface area contributed by atoms with Gasteiger partial charge >= 0.3 is 6.09 Å². The maximum absolute atomic E-state index is 12.2. The van der Waals surface area contributed by atoms with Gasteiger partial charge in [0.05, 0.1) is 6.04 Å². The van der Waals surface area contributed by atoms with Gasteiger partial charge in [0.25, 0.3) is 0 Å². The molecule has 2 heterocycles. The lowest BCUT2D eigenvalue weighted by atomic mass is 10.0. The molecule has 0 aromatic carbocycles. The number of anilines is 1. The van der Waals surface area contributed by atoms with Crippen LogP contribution in [0.4, 0.5) is 10.6 Å². The predicted molar refractivity (Wildman–Crippen MR) is 142 cm³/mol. The third-order valence-corrected chi connectivity index (χ3v) is 5.28. The fourth-order valence-corrected chi connectivity index (χ4v) is 3.41. The largest absolute Gasteiger partial charge is 0.444 e. The van der Waals surface area contributed by atoms with Crippen molar-refractivity contribution in [2.45, 2.75) is 72.1 Å². The molecule has 8 nitrogen and oxygen atoms in total. The van der Waals surface area contributed by atoms with E-state index in [2.05, 4.69) is 63.7 Å². The zero-order valence-corrected chi connectivity index (χ0v) is 22.9. The molecule has 182 valence electrons. The van der Waals surface area contributed by atoms with Gasteiger partial charge < -0.3 is 25.6 Å². The Balaban J connectivity index is 0.00000512. The van der Waals surface area contributed by atoms with Crippen LogP contribution in [0, 0.1) is 12.8 Å². The van der Waals surface area contributed by atoms with Gasteiger partial charge in [-0.05, 0) is 58.1 Å². The number of aromatic nitrogens is 1. The van der Waals surface area contributed by atoms with Crippen LogP contribution in [0.25, 0.3) is 0 Å². The number of rotatable bonds is 6. The van der Waals surface area contributed by atoms with Gasteiger partial charge in [-0.25, -0.2) is 9.78 Å². The highest BCUT2D eigenvalue weighted by Crippen LogP contribution is 2.18. The van der Waals surface area contributed by atoms with Crippen molar-refractivity contribution in [3.05, 3.63) is 23.9 Å². The van der Waals surface area contributed by atoms with E-state index in [0.29, 0.717) is 12.6 Å². The average Bonchev–Trinajstić information content (AvgIpc) is 2.69. The molecule has 0 bridgehead atoms. The fourth-order valence-electron chi connectivity index (χ4n) is 3.41. The van der Waals surface area contributed by atoms with E-state index >= 15 is 0 Å². The van der Waals surface area contributed by atoms with Crippen molar-refractivity contribution in [2.24, 2.45) is 10.9 Å². The number of nitrogens with one attached hydrogen (secondary N) is 3. The summed E-state index contributed by atoms with van der Waals surface area (Å²) in [5.74, 6) is 2.05. The van der Waals surface area contributed by atoms with Crippen molar-refractivity contribution < 1.29 is 9.53 Å². The van der Waals surface area contributed by atoms with E-state index in [4.69, 9.17) is 4.74 Å². The number of carbonyl (C=O) groups excluding carboxylic acids is 1. The summed E-state index contributed by atoms with van der Waals surface area (Å²) in [7, 11) is 1.77. The van der Waals surface area contributed by atoms with E-state index in [1.165, 1.54) is 5.56 Å². The van der Waals surface area contributed by atoms with Gasteiger partial charge in [-0.1, -0.05) is 19.9 Å². The number of nitrogens with zero attached hydrogens (tertiary/aromatic N) is 3. The van der Waals surface area contributed by atoms with E-state index < -0.39 is 11.7 Å². The van der Waals surface area contributed by atoms with E-state index in [0.717, 1.165) is 37.7 Å². The smallest absolute Gasteiger partial charge is 0.407 e. The summed E-state index contributed by atoms with van der Waals surface area (Å²) in [5, 5.41) is 9.84. The van der Waals surface area contributed by atoms with E-state index in [1.807, 2.05) is 27.0 Å². The lowest BCUT2D eigenvalue weighted by Crippen LogP contribution is -2.53. The minimum atomic E-state index is -0.514. The van der Waals surface area contributed by atoms with Crippen LogP contribution >= 0.6 is 24.0 Å². The number of alkyl carbamates (subject to hydrolysis) is 1. The van der Waals surface area contributed by atoms with Crippen molar-refractivity contribution in [1.82, 2.24) is 20.9 Å². The second-order valence-electron chi connectivity index (χ2n) is 9.55. The lowest BCUT2D eigenvalue weighted by Gasteiger charge is -2.34. The van der Waals surface area contributed by atoms with Crippen molar-refractivity contribution in [2.75, 3.05) is 31.6 Å². The molecule has 9 heteroatoms. The van der Waals surface area contributed by atoms with Crippen LogP contribution in [0.5, 0.6) is 0 Å². The summed E-state index contributed by atoms with van der Waals surface area (Å²) in [4.78, 5) is 23.4. The number of amides is 1. The van der Waals surface area contributed by atoms with Crippen molar-refractivity contribution in [3.8, 4) is 0 Å². The Labute approximate surface area is 210 Å². The Morgan fingerprint density at radius 3 is 2.44 bits per heavy atom. The topological polar surface area (TPSA) is 90.9 Å². The van der Waals surface area contributed by atoms with Gasteiger partial charge in [0.2, 0.25) is 0 Å². The first-order valence-corrected chi connectivity index (χ1v) is 11.2. The molecule has 3 N–H and O–H groups in total. The third-order valence-electron chi connectivity index (χ3n) is 5.28. The summed E-state index contributed by atoms with van der Waals surface area (Å²) in [5.41, 5.74) is 0.663. The monoisotopic (exact) mass is 560 g/mol. The quantitative estimate of drug-likeness (QED) is 0.280. The number of piperidine rings is 1. The Hall–Kier alpha value is -1.78. The highest BCUT2D eigenvalue weighted by atomic mass is 127. The molecule has 1 fully saturated rings. The maximum atomic E-state index is 12.2. The number of ether oxygens (including phenoxy) is 1. The molecule has 1 aliphatic rings. The summed E-state index contributed by atoms with van der Waals surface area (Å²) < 4.78 is 5.39. The summed E-state index contributed by atoms with van der Waals surface area (Å²) in [6.07, 6.45) is 3.55. The van der Waals surface area contributed by atoms with Crippen molar-refractivity contribution >= 4 is 41.8 Å². The van der Waals surface area contributed by atoms with Crippen LogP contribution in [0.2, 0.25) is 0 Å². The number of halogens is 1. The summed E-state index contributed by atoms with van der Waals surface area (Å²) in [6, 6.07) is 4.48. The number of pyridine rings is 1. The molecule has 1 saturated heterocycles. The Bertz CT molecular complexity index is 725. The molecule has 0 radical (unpaired) electrons. The molecule has 32 heavy (non-hydrogen) atoms. The Morgan fingerprint density at radius 1 is 1.28 bits per heavy atom. The second kappa shape index (κ2) is 13.1. The Kier molecular flexibility index (Phi) is 11.5. The maximum Gasteiger partial charge on any atom is 0.407 e. The highest BCUT2D eigenvalue weighted by molar-refractivity contribution is 14.0. The predicted octanol–water partition coefficient (Wildman–Crippen LogP) is 3.69. The molecular formula is C23H41IN6O2. The van der Waals surface area contributed by atoms with Crippen molar-refractivity contribution in [3.63, 3.8) is 0 Å². The van der Waals surface area contributed by atoms with Crippen LogP contribution in [0.3, 0.4) is 0 Å². The molecule has 1 aromatic heterocycles. The van der Waals surface area contributed by atoms with Gasteiger partial charge in [-0.2, -0.15) is 0 Å². The van der Waals surface area contributed by atoms with Crippen LogP contribution in [-0.4, -0.2) is 61.4 Å². The first-order valence-electron chi connectivity index (χ1n) is 11.2. The number of hydrogen-bond donors (Lipinski definition) is 3. The minimum Gasteiger partial charge on any atom is -0.444 e. The van der Waals surface area contributed by atoms with Crippen LogP contribution in [-0.2, 0) is 4.74 Å². The molecule has 1 amide bonds. The molecule has 1 aliphatic heterocycles. The first kappa shape index (κ1) is 28.3. The molecule has 2 rings (SSSR count). The average molecular weight is 561 g/mol. The SMILES string of the molecule is CN=C(NCC(NC(=O)OC(C)(C)C)C(C)C)NC1CCN(c2ccc(C)cn2)CC1.I. The second-order valence-corrected chi connectivity index (χ2v) is 9.55. The summed E-state index contributed by atoms with van der Waals surface area (Å²) >= 11 is 0. The molecule has 0 aliphatic carbocycles. The van der Waals surface area contributed by atoms with Gasteiger partial charge in [0.1, 0.15) is 11.4 Å². The normalized spacial score (nSPS) is 16.2. The molecule has 0 saturated carbocycles. The standard InChI is InChI=1S/C23H40N6O2.HI/c1-16(2)19(28-22(30)31-23(4,5)6)15-26-21(24-7)27-18-10-12-29(13-11-18)20-9-8-17(3)14-25-20;/h8-9,14,16,18-19H,10-13,15H2,1-7H3,(H,28,30)(H2,24,26,27);1H. The fraction of sp³-hybridized carbons (Fsp3) is 0.696. The van der Waals surface area contributed by atoms with Gasteiger partial charge in [-0.3, -0.25) is 4.99 Å².